The highest BCUT2D eigenvalue weighted by molar-refractivity contribution is 5.95. The first kappa shape index (κ1) is 24.2. The molecular formula is C33H33F2N5. The van der Waals surface area contributed by atoms with Crippen LogP contribution in [-0.2, 0) is 20.1 Å². The normalized spacial score (nSPS) is 24.9. The van der Waals surface area contributed by atoms with Crippen LogP contribution >= 0.6 is 0 Å². The SMILES string of the molecule is Cn1nc(-c2cccc(F)c2)c2cccc(CN3CCC(c4nc5ccccc5n4CC45CC(F)(C4)C5)CC3)c21. The summed E-state index contributed by atoms with van der Waals surface area (Å²) in [5.41, 5.74) is 5.47. The minimum Gasteiger partial charge on any atom is -0.327 e. The summed E-state index contributed by atoms with van der Waals surface area (Å²) in [6.45, 7) is 3.74. The lowest BCUT2D eigenvalue weighted by Crippen LogP contribution is -2.65. The van der Waals surface area contributed by atoms with Gasteiger partial charge in [0.1, 0.15) is 23.0 Å². The molecule has 0 unspecified atom stereocenters. The lowest BCUT2D eigenvalue weighted by Gasteiger charge is -2.66. The first-order valence-corrected chi connectivity index (χ1v) is 14.5. The molecule has 2 aromatic heterocycles. The van der Waals surface area contributed by atoms with Gasteiger partial charge in [-0.15, -0.1) is 0 Å². The number of likely N-dealkylation sites (tertiary alicyclic amines) is 1. The van der Waals surface area contributed by atoms with Crippen molar-refractivity contribution in [3.63, 3.8) is 0 Å². The van der Waals surface area contributed by atoms with Crippen LogP contribution < -0.4 is 0 Å². The molecule has 3 heterocycles. The second-order valence-electron chi connectivity index (χ2n) is 12.6. The number of nitrogens with zero attached hydrogens (tertiary/aromatic N) is 5. The minimum absolute atomic E-state index is 0.139. The standard InChI is InChI=1S/C33H33F2N5/c1-38-30-24(7-5-9-26(30)29(37-38)23-6-4-8-25(34)16-23)17-39-14-12-22(13-15-39)31-36-27-10-2-3-11-28(27)40(31)21-32-18-33(35,19-32)20-32/h2-11,16,22H,12-15,17-21H2,1H3. The van der Waals surface area contributed by atoms with Crippen LogP contribution in [0, 0.1) is 11.2 Å². The van der Waals surface area contributed by atoms with Crippen molar-refractivity contribution in [2.45, 2.75) is 56.8 Å². The molecule has 3 aliphatic carbocycles. The van der Waals surface area contributed by atoms with Gasteiger partial charge in [0.05, 0.1) is 16.6 Å². The zero-order valence-electron chi connectivity index (χ0n) is 22.8. The Morgan fingerprint density at radius 1 is 0.950 bits per heavy atom. The number of imidazole rings is 1. The van der Waals surface area contributed by atoms with Crippen LogP contribution in [0.15, 0.2) is 66.7 Å². The maximum atomic E-state index is 14.3. The van der Waals surface area contributed by atoms with Crippen LogP contribution in [-0.4, -0.2) is 43.0 Å². The van der Waals surface area contributed by atoms with Gasteiger partial charge < -0.3 is 4.57 Å². The molecule has 1 aliphatic heterocycles. The predicted octanol–water partition coefficient (Wildman–Crippen LogP) is 7.00. The number of halogens is 2. The van der Waals surface area contributed by atoms with Gasteiger partial charge in [-0.05, 0) is 80.4 Å². The highest BCUT2D eigenvalue weighted by atomic mass is 19.1. The molecule has 2 bridgehead atoms. The van der Waals surface area contributed by atoms with E-state index in [0.29, 0.717) is 25.2 Å². The van der Waals surface area contributed by atoms with Crippen molar-refractivity contribution < 1.29 is 8.78 Å². The number of fused-ring (bicyclic) bond motifs is 2. The molecule has 3 aromatic carbocycles. The average molecular weight is 538 g/mol. The summed E-state index contributed by atoms with van der Waals surface area (Å²) in [5, 5.41) is 5.84. The van der Waals surface area contributed by atoms with Crippen molar-refractivity contribution >= 4 is 21.9 Å². The smallest absolute Gasteiger partial charge is 0.123 e. The number of alkyl halides is 1. The van der Waals surface area contributed by atoms with Crippen molar-refractivity contribution in [1.29, 1.82) is 0 Å². The number of aryl methyl sites for hydroxylation is 1. The van der Waals surface area contributed by atoms with Gasteiger partial charge in [0, 0.05) is 37.0 Å². The van der Waals surface area contributed by atoms with Crippen LogP contribution in [0.1, 0.15) is 49.4 Å². The predicted molar refractivity (Wildman–Crippen MR) is 153 cm³/mol. The lowest BCUT2D eigenvalue weighted by molar-refractivity contribution is -0.220. The monoisotopic (exact) mass is 537 g/mol. The number of benzene rings is 3. The zero-order chi connectivity index (χ0) is 27.1. The van der Waals surface area contributed by atoms with Crippen LogP contribution in [0.2, 0.25) is 0 Å². The second kappa shape index (κ2) is 8.71. The van der Waals surface area contributed by atoms with Crippen LogP contribution in [0.3, 0.4) is 0 Å². The third-order valence-electron chi connectivity index (χ3n) is 9.65. The Bertz CT molecular complexity index is 1740. The summed E-state index contributed by atoms with van der Waals surface area (Å²) < 4.78 is 32.6. The third-order valence-corrected chi connectivity index (χ3v) is 9.65. The summed E-state index contributed by atoms with van der Waals surface area (Å²) in [5.74, 6) is 1.34. The van der Waals surface area contributed by atoms with Gasteiger partial charge in [0.15, 0.2) is 0 Å². The fraction of sp³-hybridized carbons (Fsp3) is 0.394. The molecule has 5 aromatic rings. The third kappa shape index (κ3) is 3.81. The molecule has 40 heavy (non-hydrogen) atoms. The van der Waals surface area contributed by atoms with Crippen molar-refractivity contribution in [3.05, 3.63) is 83.9 Å². The van der Waals surface area contributed by atoms with Gasteiger partial charge >= 0.3 is 0 Å². The summed E-state index contributed by atoms with van der Waals surface area (Å²) in [6, 6.07) is 21.4. The molecule has 0 amide bonds. The van der Waals surface area contributed by atoms with Gasteiger partial charge in [-0.1, -0.05) is 42.5 Å². The van der Waals surface area contributed by atoms with E-state index in [9.17, 15) is 8.78 Å². The fourth-order valence-electron chi connectivity index (χ4n) is 7.92. The van der Waals surface area contributed by atoms with E-state index >= 15 is 0 Å². The molecule has 4 fully saturated rings. The van der Waals surface area contributed by atoms with E-state index in [-0.39, 0.29) is 11.2 Å². The van der Waals surface area contributed by atoms with E-state index in [1.807, 2.05) is 17.8 Å². The van der Waals surface area contributed by atoms with Crippen molar-refractivity contribution in [2.24, 2.45) is 12.5 Å². The lowest BCUT2D eigenvalue weighted by atomic mass is 9.42. The summed E-state index contributed by atoms with van der Waals surface area (Å²) in [7, 11) is 1.97. The highest BCUT2D eigenvalue weighted by Crippen LogP contribution is 2.70. The molecule has 204 valence electrons. The number of hydrogen-bond acceptors (Lipinski definition) is 3. The quantitative estimate of drug-likeness (QED) is 0.234. The Morgan fingerprint density at radius 2 is 1.73 bits per heavy atom. The number of piperidine rings is 1. The average Bonchev–Trinajstić information content (AvgIpc) is 3.46. The summed E-state index contributed by atoms with van der Waals surface area (Å²) in [4.78, 5) is 7.65. The molecule has 0 radical (unpaired) electrons. The molecule has 1 saturated heterocycles. The van der Waals surface area contributed by atoms with E-state index < -0.39 is 5.67 Å². The van der Waals surface area contributed by atoms with Crippen LogP contribution in [0.25, 0.3) is 33.2 Å². The zero-order valence-corrected chi connectivity index (χ0v) is 22.8. The molecule has 3 saturated carbocycles. The van der Waals surface area contributed by atoms with Gasteiger partial charge in [0.2, 0.25) is 0 Å². The van der Waals surface area contributed by atoms with Gasteiger partial charge in [-0.2, -0.15) is 5.10 Å². The van der Waals surface area contributed by atoms with E-state index in [0.717, 1.165) is 66.7 Å². The largest absolute Gasteiger partial charge is 0.327 e. The van der Waals surface area contributed by atoms with Crippen molar-refractivity contribution in [2.75, 3.05) is 13.1 Å². The molecule has 0 atom stereocenters. The van der Waals surface area contributed by atoms with Gasteiger partial charge in [0.25, 0.3) is 0 Å². The molecule has 0 spiro atoms. The first-order chi connectivity index (χ1) is 19.4. The molecule has 7 heteroatoms. The fourth-order valence-corrected chi connectivity index (χ4v) is 7.92. The van der Waals surface area contributed by atoms with E-state index in [1.54, 1.807) is 12.1 Å². The van der Waals surface area contributed by atoms with Crippen molar-refractivity contribution in [1.82, 2.24) is 24.2 Å². The summed E-state index contributed by atoms with van der Waals surface area (Å²) in [6.07, 6.45) is 4.25. The Hall–Kier alpha value is -3.58. The minimum atomic E-state index is -0.878. The maximum Gasteiger partial charge on any atom is 0.123 e. The number of hydrogen-bond donors (Lipinski definition) is 0. The molecule has 5 nitrogen and oxygen atoms in total. The van der Waals surface area contributed by atoms with Gasteiger partial charge in [-0.3, -0.25) is 9.58 Å². The summed E-state index contributed by atoms with van der Waals surface area (Å²) >= 11 is 0. The Labute approximate surface area is 232 Å². The van der Waals surface area contributed by atoms with Gasteiger partial charge in [-0.25, -0.2) is 13.8 Å². The molecular weight excluding hydrogens is 504 g/mol. The second-order valence-corrected chi connectivity index (χ2v) is 12.6. The van der Waals surface area contributed by atoms with Crippen LogP contribution in [0.5, 0.6) is 0 Å². The Morgan fingerprint density at radius 3 is 2.50 bits per heavy atom. The Kier molecular flexibility index (Phi) is 5.28. The number of aromatic nitrogens is 4. The molecule has 0 N–H and O–H groups in total. The maximum absolute atomic E-state index is 14.3. The first-order valence-electron chi connectivity index (χ1n) is 14.5. The van der Waals surface area contributed by atoms with Crippen molar-refractivity contribution in [3.8, 4) is 11.3 Å². The topological polar surface area (TPSA) is 38.9 Å². The van der Waals surface area contributed by atoms with E-state index in [2.05, 4.69) is 51.9 Å². The van der Waals surface area contributed by atoms with E-state index in [4.69, 9.17) is 10.1 Å². The molecule has 4 aliphatic rings. The van der Waals surface area contributed by atoms with E-state index in [1.165, 1.54) is 23.0 Å². The molecule has 9 rings (SSSR count). The highest BCUT2D eigenvalue weighted by Gasteiger charge is 2.69. The Balaban J connectivity index is 1.02. The number of para-hydroxylation sites is 3. The number of rotatable bonds is 6. The van der Waals surface area contributed by atoms with Crippen LogP contribution in [0.4, 0.5) is 8.78 Å².